The highest BCUT2D eigenvalue weighted by atomic mass is 32.2. The van der Waals surface area contributed by atoms with Crippen LogP contribution in [0.1, 0.15) is 56.1 Å². The van der Waals surface area contributed by atoms with Gasteiger partial charge < -0.3 is 8.98 Å². The molecule has 1 aliphatic carbocycles. The summed E-state index contributed by atoms with van der Waals surface area (Å²) in [5, 5.41) is 9.61. The Balaban J connectivity index is 1.73. The number of hydrogen-bond donors (Lipinski definition) is 0. The second kappa shape index (κ2) is 6.22. The average Bonchev–Trinajstić information content (AvgIpc) is 3.02. The molecule has 3 rings (SSSR count). The standard InChI is InChI=1S/C15H22N4OS/c1-10-5-4-6-13(7-10)19-12(3)17-18-15(19)21-9-14-16-8-11(2)20-14/h8,10,13H,4-7,9H2,1-3H3/t10-,13-/m1/s1. The molecule has 2 atom stereocenters. The Morgan fingerprint density at radius 1 is 1.33 bits per heavy atom. The van der Waals surface area contributed by atoms with Crippen molar-refractivity contribution >= 4 is 11.8 Å². The lowest BCUT2D eigenvalue weighted by molar-refractivity contribution is 0.268. The molecule has 0 spiro atoms. The van der Waals surface area contributed by atoms with E-state index in [0.29, 0.717) is 11.8 Å². The second-order valence-corrected chi connectivity index (χ2v) is 6.92. The molecule has 1 aliphatic rings. The molecule has 114 valence electrons. The molecule has 21 heavy (non-hydrogen) atoms. The van der Waals surface area contributed by atoms with E-state index in [-0.39, 0.29) is 0 Å². The minimum atomic E-state index is 0.539. The Kier molecular flexibility index (Phi) is 4.33. The van der Waals surface area contributed by atoms with Gasteiger partial charge in [0.1, 0.15) is 11.6 Å². The first kappa shape index (κ1) is 14.6. The fraction of sp³-hybridized carbons (Fsp3) is 0.667. The van der Waals surface area contributed by atoms with Crippen LogP contribution in [0.5, 0.6) is 0 Å². The molecule has 0 saturated heterocycles. The van der Waals surface area contributed by atoms with Crippen LogP contribution in [0.3, 0.4) is 0 Å². The molecule has 1 saturated carbocycles. The van der Waals surface area contributed by atoms with Crippen molar-refractivity contribution in [2.24, 2.45) is 5.92 Å². The molecule has 2 aromatic heterocycles. The number of rotatable bonds is 4. The maximum atomic E-state index is 5.53. The van der Waals surface area contributed by atoms with Gasteiger partial charge in [-0.1, -0.05) is 31.5 Å². The highest BCUT2D eigenvalue weighted by molar-refractivity contribution is 7.98. The van der Waals surface area contributed by atoms with Gasteiger partial charge in [0.05, 0.1) is 11.9 Å². The van der Waals surface area contributed by atoms with Crippen LogP contribution in [0.15, 0.2) is 15.8 Å². The Bertz CT molecular complexity index is 607. The van der Waals surface area contributed by atoms with E-state index in [1.54, 1.807) is 18.0 Å². The van der Waals surface area contributed by atoms with Crippen molar-refractivity contribution in [3.05, 3.63) is 23.7 Å². The van der Waals surface area contributed by atoms with Crippen molar-refractivity contribution in [1.82, 2.24) is 19.7 Å². The van der Waals surface area contributed by atoms with Gasteiger partial charge in [-0.3, -0.25) is 0 Å². The van der Waals surface area contributed by atoms with Crippen molar-refractivity contribution < 1.29 is 4.42 Å². The Labute approximate surface area is 129 Å². The lowest BCUT2D eigenvalue weighted by atomic mass is 9.87. The summed E-state index contributed by atoms with van der Waals surface area (Å²) in [7, 11) is 0. The zero-order valence-electron chi connectivity index (χ0n) is 12.9. The number of nitrogens with zero attached hydrogens (tertiary/aromatic N) is 4. The monoisotopic (exact) mass is 306 g/mol. The van der Waals surface area contributed by atoms with Crippen LogP contribution in [-0.4, -0.2) is 19.7 Å². The molecule has 6 heteroatoms. The van der Waals surface area contributed by atoms with Crippen LogP contribution in [0.4, 0.5) is 0 Å². The molecule has 5 nitrogen and oxygen atoms in total. The van der Waals surface area contributed by atoms with Gasteiger partial charge in [-0.2, -0.15) is 0 Å². The van der Waals surface area contributed by atoms with Crippen LogP contribution in [-0.2, 0) is 5.75 Å². The summed E-state index contributed by atoms with van der Waals surface area (Å²) in [5.41, 5.74) is 0. The van der Waals surface area contributed by atoms with E-state index in [4.69, 9.17) is 4.42 Å². The minimum Gasteiger partial charge on any atom is -0.445 e. The van der Waals surface area contributed by atoms with Crippen molar-refractivity contribution in [3.63, 3.8) is 0 Å². The number of aryl methyl sites for hydroxylation is 2. The van der Waals surface area contributed by atoms with Crippen LogP contribution in [0.25, 0.3) is 0 Å². The lowest BCUT2D eigenvalue weighted by Gasteiger charge is -2.29. The van der Waals surface area contributed by atoms with Crippen molar-refractivity contribution in [1.29, 1.82) is 0 Å². The summed E-state index contributed by atoms with van der Waals surface area (Å²) in [6.45, 7) is 6.30. The fourth-order valence-corrected chi connectivity index (χ4v) is 4.00. The number of hydrogen-bond acceptors (Lipinski definition) is 5. The molecule has 2 heterocycles. The van der Waals surface area contributed by atoms with Crippen LogP contribution < -0.4 is 0 Å². The van der Waals surface area contributed by atoms with E-state index < -0.39 is 0 Å². The van der Waals surface area contributed by atoms with E-state index in [2.05, 4.69) is 26.7 Å². The highest BCUT2D eigenvalue weighted by Crippen LogP contribution is 2.35. The summed E-state index contributed by atoms with van der Waals surface area (Å²) in [6, 6.07) is 0.539. The summed E-state index contributed by atoms with van der Waals surface area (Å²) in [5.74, 6) is 4.11. The molecule has 1 fully saturated rings. The summed E-state index contributed by atoms with van der Waals surface area (Å²) in [4.78, 5) is 4.25. The first-order valence-corrected chi connectivity index (χ1v) is 8.57. The fourth-order valence-electron chi connectivity index (χ4n) is 3.10. The lowest BCUT2D eigenvalue weighted by Crippen LogP contribution is -2.19. The summed E-state index contributed by atoms with van der Waals surface area (Å²) >= 11 is 1.66. The summed E-state index contributed by atoms with van der Waals surface area (Å²) in [6.07, 6.45) is 6.86. The topological polar surface area (TPSA) is 56.7 Å². The van der Waals surface area contributed by atoms with Crippen molar-refractivity contribution in [2.75, 3.05) is 0 Å². The van der Waals surface area contributed by atoms with E-state index >= 15 is 0 Å². The number of aromatic nitrogens is 4. The molecule has 0 amide bonds. The van der Waals surface area contributed by atoms with Gasteiger partial charge in [0.2, 0.25) is 5.89 Å². The molecular weight excluding hydrogens is 284 g/mol. The Morgan fingerprint density at radius 2 is 2.19 bits per heavy atom. The summed E-state index contributed by atoms with van der Waals surface area (Å²) < 4.78 is 7.84. The maximum Gasteiger partial charge on any atom is 0.204 e. The normalized spacial score (nSPS) is 22.6. The van der Waals surface area contributed by atoms with E-state index in [1.807, 2.05) is 13.8 Å². The van der Waals surface area contributed by atoms with Gasteiger partial charge >= 0.3 is 0 Å². The molecule has 0 bridgehead atoms. The van der Waals surface area contributed by atoms with Crippen LogP contribution >= 0.6 is 11.8 Å². The van der Waals surface area contributed by atoms with Gasteiger partial charge in [0.25, 0.3) is 0 Å². The largest absolute Gasteiger partial charge is 0.445 e. The Hall–Kier alpha value is -1.30. The zero-order valence-corrected chi connectivity index (χ0v) is 13.7. The van der Waals surface area contributed by atoms with Crippen molar-refractivity contribution in [3.8, 4) is 0 Å². The van der Waals surface area contributed by atoms with Gasteiger partial charge in [0.15, 0.2) is 5.16 Å². The van der Waals surface area contributed by atoms with Gasteiger partial charge in [-0.15, -0.1) is 10.2 Å². The average molecular weight is 306 g/mol. The van der Waals surface area contributed by atoms with E-state index in [9.17, 15) is 0 Å². The Morgan fingerprint density at radius 3 is 2.90 bits per heavy atom. The van der Waals surface area contributed by atoms with Crippen LogP contribution in [0, 0.1) is 19.8 Å². The van der Waals surface area contributed by atoms with E-state index in [0.717, 1.165) is 28.5 Å². The van der Waals surface area contributed by atoms with Gasteiger partial charge in [0, 0.05) is 6.04 Å². The van der Waals surface area contributed by atoms with Gasteiger partial charge in [-0.25, -0.2) is 4.98 Å². The van der Waals surface area contributed by atoms with Crippen molar-refractivity contribution in [2.45, 2.75) is 63.4 Å². The molecule has 0 unspecified atom stereocenters. The highest BCUT2D eigenvalue weighted by Gasteiger charge is 2.24. The minimum absolute atomic E-state index is 0.539. The third kappa shape index (κ3) is 3.31. The number of thioether (sulfide) groups is 1. The third-order valence-corrected chi connectivity index (χ3v) is 5.03. The molecular formula is C15H22N4OS. The second-order valence-electron chi connectivity index (χ2n) is 5.98. The number of oxazole rings is 1. The zero-order chi connectivity index (χ0) is 14.8. The van der Waals surface area contributed by atoms with Crippen LogP contribution in [0.2, 0.25) is 0 Å². The van der Waals surface area contributed by atoms with Gasteiger partial charge in [-0.05, 0) is 32.6 Å². The smallest absolute Gasteiger partial charge is 0.204 e. The maximum absolute atomic E-state index is 5.53. The predicted octanol–water partition coefficient (Wildman–Crippen LogP) is 3.93. The molecule has 0 aliphatic heterocycles. The molecule has 0 aromatic carbocycles. The predicted molar refractivity (Wildman–Crippen MR) is 82.2 cm³/mol. The molecule has 2 aromatic rings. The molecule has 0 radical (unpaired) electrons. The quantitative estimate of drug-likeness (QED) is 0.801. The third-order valence-electron chi connectivity index (χ3n) is 4.10. The first-order chi connectivity index (χ1) is 10.1. The van der Waals surface area contributed by atoms with E-state index in [1.165, 1.54) is 25.7 Å². The SMILES string of the molecule is Cc1cnc(CSc2nnc(C)n2[C@@H]2CCC[C@@H](C)C2)o1. The molecule has 0 N–H and O–H groups in total. The first-order valence-electron chi connectivity index (χ1n) is 7.59.